The van der Waals surface area contributed by atoms with Crippen molar-refractivity contribution < 1.29 is 23.4 Å². The predicted molar refractivity (Wildman–Crippen MR) is 91.1 cm³/mol. The SMILES string of the molecule is CN(CC(=O)O)CC1CN(Cc2nc3ccccc3n2C(F)F)CCO1. The van der Waals surface area contributed by atoms with E-state index in [0.29, 0.717) is 49.6 Å². The van der Waals surface area contributed by atoms with Crippen molar-refractivity contribution in [1.82, 2.24) is 19.4 Å². The van der Waals surface area contributed by atoms with Gasteiger partial charge >= 0.3 is 12.5 Å². The van der Waals surface area contributed by atoms with E-state index in [-0.39, 0.29) is 12.6 Å². The molecule has 0 radical (unpaired) electrons. The van der Waals surface area contributed by atoms with Gasteiger partial charge < -0.3 is 9.84 Å². The van der Waals surface area contributed by atoms with Gasteiger partial charge in [0.25, 0.3) is 0 Å². The van der Waals surface area contributed by atoms with Crippen molar-refractivity contribution in [2.24, 2.45) is 0 Å². The number of rotatable bonds is 7. The molecule has 0 saturated carbocycles. The van der Waals surface area contributed by atoms with Gasteiger partial charge in [-0.15, -0.1) is 0 Å². The Hall–Kier alpha value is -2.10. The van der Waals surface area contributed by atoms with Crippen LogP contribution in [0.5, 0.6) is 0 Å². The molecule has 3 rings (SSSR count). The van der Waals surface area contributed by atoms with Crippen LogP contribution in [0.2, 0.25) is 0 Å². The first-order valence-corrected chi connectivity index (χ1v) is 8.42. The molecular formula is C17H22F2N4O3. The topological polar surface area (TPSA) is 70.8 Å². The molecule has 1 saturated heterocycles. The Morgan fingerprint density at radius 3 is 2.96 bits per heavy atom. The highest BCUT2D eigenvalue weighted by molar-refractivity contribution is 5.76. The van der Waals surface area contributed by atoms with E-state index in [9.17, 15) is 13.6 Å². The summed E-state index contributed by atoms with van der Waals surface area (Å²) in [6.45, 7) is -0.338. The van der Waals surface area contributed by atoms with E-state index >= 15 is 0 Å². The third-order valence-electron chi connectivity index (χ3n) is 4.37. The maximum Gasteiger partial charge on any atom is 0.320 e. The van der Waals surface area contributed by atoms with E-state index in [1.54, 1.807) is 36.2 Å². The van der Waals surface area contributed by atoms with Gasteiger partial charge in [0, 0.05) is 19.6 Å². The van der Waals surface area contributed by atoms with Crippen LogP contribution in [-0.4, -0.2) is 76.4 Å². The zero-order valence-electron chi connectivity index (χ0n) is 14.5. The lowest BCUT2D eigenvalue weighted by atomic mass is 10.2. The Kier molecular flexibility index (Phi) is 5.80. The van der Waals surface area contributed by atoms with E-state index in [4.69, 9.17) is 9.84 Å². The van der Waals surface area contributed by atoms with Crippen molar-refractivity contribution >= 4 is 17.0 Å². The third kappa shape index (κ3) is 4.35. The minimum Gasteiger partial charge on any atom is -0.480 e. The number of halogens is 2. The number of morpholine rings is 1. The first-order valence-electron chi connectivity index (χ1n) is 8.42. The maximum absolute atomic E-state index is 13.5. The van der Waals surface area contributed by atoms with Gasteiger partial charge in [-0.2, -0.15) is 8.78 Å². The number of nitrogens with zero attached hydrogens (tertiary/aromatic N) is 4. The standard InChI is InChI=1S/C17H22F2N4O3/c1-21(11-16(24)25)8-12-9-22(6-7-26-12)10-15-20-13-4-2-3-5-14(13)23(15)17(18)19/h2-5,12,17H,6-11H2,1H3,(H,24,25). The fraction of sp³-hybridized carbons (Fsp3) is 0.529. The Balaban J connectivity index is 1.70. The summed E-state index contributed by atoms with van der Waals surface area (Å²) in [6, 6.07) is 6.86. The lowest BCUT2D eigenvalue weighted by Gasteiger charge is -2.34. The van der Waals surface area contributed by atoms with E-state index in [1.807, 2.05) is 4.90 Å². The van der Waals surface area contributed by atoms with Crippen LogP contribution in [0.3, 0.4) is 0 Å². The highest BCUT2D eigenvalue weighted by Gasteiger charge is 2.25. The van der Waals surface area contributed by atoms with Crippen LogP contribution in [-0.2, 0) is 16.1 Å². The summed E-state index contributed by atoms with van der Waals surface area (Å²) in [7, 11) is 1.71. The van der Waals surface area contributed by atoms with Gasteiger partial charge in [0.2, 0.25) is 0 Å². The minimum absolute atomic E-state index is 0.0684. The summed E-state index contributed by atoms with van der Waals surface area (Å²) >= 11 is 0. The maximum atomic E-state index is 13.5. The second-order valence-electron chi connectivity index (χ2n) is 6.48. The van der Waals surface area contributed by atoms with Crippen molar-refractivity contribution in [2.45, 2.75) is 19.2 Å². The van der Waals surface area contributed by atoms with E-state index in [0.717, 1.165) is 4.57 Å². The van der Waals surface area contributed by atoms with Crippen molar-refractivity contribution in [1.29, 1.82) is 0 Å². The summed E-state index contributed by atoms with van der Waals surface area (Å²) in [5.74, 6) is -0.577. The van der Waals surface area contributed by atoms with Crippen LogP contribution in [0, 0.1) is 0 Å². The van der Waals surface area contributed by atoms with Crippen molar-refractivity contribution in [3.05, 3.63) is 30.1 Å². The number of carboxylic acid groups (broad SMARTS) is 1. The average Bonchev–Trinajstić information content (AvgIpc) is 2.92. The van der Waals surface area contributed by atoms with Gasteiger partial charge in [-0.05, 0) is 19.2 Å². The highest BCUT2D eigenvalue weighted by Crippen LogP contribution is 2.24. The number of hydrogen-bond donors (Lipinski definition) is 1. The second-order valence-corrected chi connectivity index (χ2v) is 6.48. The molecule has 1 atom stereocenters. The van der Waals surface area contributed by atoms with E-state index in [1.165, 1.54) is 0 Å². The summed E-state index contributed by atoms with van der Waals surface area (Å²) < 4.78 is 33.7. The number of para-hydroxylation sites is 2. The van der Waals surface area contributed by atoms with Crippen LogP contribution < -0.4 is 0 Å². The number of imidazole rings is 1. The van der Waals surface area contributed by atoms with Crippen LogP contribution in [0.4, 0.5) is 8.78 Å². The quantitative estimate of drug-likeness (QED) is 0.801. The molecule has 0 bridgehead atoms. The summed E-state index contributed by atoms with van der Waals surface area (Å²) in [5, 5.41) is 8.84. The monoisotopic (exact) mass is 368 g/mol. The summed E-state index contributed by atoms with van der Waals surface area (Å²) in [5.41, 5.74) is 0.970. The summed E-state index contributed by atoms with van der Waals surface area (Å²) in [4.78, 5) is 18.8. The molecule has 2 heterocycles. The van der Waals surface area contributed by atoms with E-state index < -0.39 is 12.5 Å². The number of ether oxygens (including phenoxy) is 1. The number of carboxylic acids is 1. The predicted octanol–water partition coefficient (Wildman–Crippen LogP) is 1.65. The molecule has 142 valence electrons. The number of carbonyl (C=O) groups is 1. The van der Waals surface area contributed by atoms with Crippen molar-refractivity contribution in [3.8, 4) is 0 Å². The molecule has 26 heavy (non-hydrogen) atoms. The fourth-order valence-electron chi connectivity index (χ4n) is 3.30. The number of hydrogen-bond acceptors (Lipinski definition) is 5. The van der Waals surface area contributed by atoms with Crippen LogP contribution >= 0.6 is 0 Å². The van der Waals surface area contributed by atoms with Gasteiger partial charge in [-0.25, -0.2) is 4.98 Å². The molecule has 0 aliphatic carbocycles. The largest absolute Gasteiger partial charge is 0.480 e. The lowest BCUT2D eigenvalue weighted by Crippen LogP contribution is -2.47. The Morgan fingerprint density at radius 2 is 2.23 bits per heavy atom. The number of aliphatic carboxylic acids is 1. The van der Waals surface area contributed by atoms with Crippen LogP contribution in [0.1, 0.15) is 12.4 Å². The normalized spacial score (nSPS) is 18.9. The van der Waals surface area contributed by atoms with Crippen molar-refractivity contribution in [2.75, 3.05) is 39.8 Å². The molecule has 1 aliphatic rings. The number of benzene rings is 1. The Labute approximate surface area is 149 Å². The number of aromatic nitrogens is 2. The number of alkyl halides is 2. The molecule has 9 heteroatoms. The second kappa shape index (κ2) is 8.07. The van der Waals surface area contributed by atoms with Gasteiger partial charge in [0.15, 0.2) is 0 Å². The molecule has 1 unspecified atom stereocenters. The highest BCUT2D eigenvalue weighted by atomic mass is 19.3. The zero-order valence-corrected chi connectivity index (χ0v) is 14.5. The van der Waals surface area contributed by atoms with Gasteiger partial charge in [-0.1, -0.05) is 12.1 Å². The molecule has 1 aliphatic heterocycles. The molecule has 0 amide bonds. The smallest absolute Gasteiger partial charge is 0.320 e. The van der Waals surface area contributed by atoms with E-state index in [2.05, 4.69) is 4.98 Å². The zero-order chi connectivity index (χ0) is 18.7. The third-order valence-corrected chi connectivity index (χ3v) is 4.37. The first-order chi connectivity index (χ1) is 12.4. The van der Waals surface area contributed by atoms with Gasteiger partial charge in [0.05, 0.1) is 36.8 Å². The molecule has 1 aromatic heterocycles. The number of fused-ring (bicyclic) bond motifs is 1. The lowest BCUT2D eigenvalue weighted by molar-refractivity contribution is -0.138. The molecule has 1 aromatic carbocycles. The van der Waals surface area contributed by atoms with Gasteiger partial charge in [-0.3, -0.25) is 19.2 Å². The molecule has 0 spiro atoms. The van der Waals surface area contributed by atoms with Crippen molar-refractivity contribution in [3.63, 3.8) is 0 Å². The molecule has 2 aromatic rings. The fourth-order valence-corrected chi connectivity index (χ4v) is 3.30. The van der Waals surface area contributed by atoms with Crippen LogP contribution in [0.15, 0.2) is 24.3 Å². The molecule has 7 nitrogen and oxygen atoms in total. The average molecular weight is 368 g/mol. The molecular weight excluding hydrogens is 346 g/mol. The molecule has 1 fully saturated rings. The Bertz CT molecular complexity index is 768. The van der Waals surface area contributed by atoms with Crippen LogP contribution in [0.25, 0.3) is 11.0 Å². The molecule has 1 N–H and O–H groups in total. The summed E-state index contributed by atoms with van der Waals surface area (Å²) in [6.07, 6.45) is -0.169. The minimum atomic E-state index is -2.66. The first kappa shape index (κ1) is 18.7. The Morgan fingerprint density at radius 1 is 1.46 bits per heavy atom. The number of likely N-dealkylation sites (N-methyl/N-ethyl adjacent to an activating group) is 1. The van der Waals surface area contributed by atoms with Gasteiger partial charge in [0.1, 0.15) is 5.82 Å².